The highest BCUT2D eigenvalue weighted by Crippen LogP contribution is 2.32. The number of ether oxygens (including phenoxy) is 2. The summed E-state index contributed by atoms with van der Waals surface area (Å²) in [5, 5.41) is 6.58. The van der Waals surface area contributed by atoms with Crippen LogP contribution in [0.3, 0.4) is 0 Å². The molecule has 28 heavy (non-hydrogen) atoms. The Bertz CT molecular complexity index is 1020. The van der Waals surface area contributed by atoms with Gasteiger partial charge < -0.3 is 20.1 Å². The van der Waals surface area contributed by atoms with E-state index >= 15 is 0 Å². The summed E-state index contributed by atoms with van der Waals surface area (Å²) in [4.78, 5) is 20.7. The Hall–Kier alpha value is -3.32. The first kappa shape index (κ1) is 18.1. The Morgan fingerprint density at radius 2 is 1.96 bits per heavy atom. The van der Waals surface area contributed by atoms with E-state index in [4.69, 9.17) is 21.1 Å². The molecular weight excluding hydrogens is 380 g/mol. The number of benzene rings is 2. The molecule has 0 aliphatic carbocycles. The van der Waals surface area contributed by atoms with Crippen LogP contribution in [-0.4, -0.2) is 22.7 Å². The normalized spacial score (nSPS) is 11.9. The number of aromatic nitrogens is 2. The first-order chi connectivity index (χ1) is 13.6. The first-order valence-electron chi connectivity index (χ1n) is 8.60. The standard InChI is InChI=1S/C20H17ClN4O3/c1-12-2-4-14(7-15(12)21)25-19-10-22-16(9-23-19)20(26)24-8-13-3-5-17-18(6-13)28-11-27-17/h2-7,9-10H,8,11H2,1H3,(H,23,25)(H,24,26). The van der Waals surface area contributed by atoms with Crippen molar-refractivity contribution in [3.8, 4) is 11.5 Å². The van der Waals surface area contributed by atoms with E-state index in [9.17, 15) is 4.79 Å². The van der Waals surface area contributed by atoms with Crippen LogP contribution in [0.1, 0.15) is 21.6 Å². The Balaban J connectivity index is 1.36. The first-order valence-corrected chi connectivity index (χ1v) is 8.98. The van der Waals surface area contributed by atoms with Crippen molar-refractivity contribution in [3.05, 3.63) is 70.6 Å². The fourth-order valence-electron chi connectivity index (χ4n) is 2.65. The number of rotatable bonds is 5. The zero-order valence-electron chi connectivity index (χ0n) is 15.0. The number of nitrogens with zero attached hydrogens (tertiary/aromatic N) is 2. The lowest BCUT2D eigenvalue weighted by molar-refractivity contribution is 0.0945. The summed E-state index contributed by atoms with van der Waals surface area (Å²) in [5.74, 6) is 1.60. The van der Waals surface area contributed by atoms with E-state index in [1.807, 2.05) is 43.3 Å². The van der Waals surface area contributed by atoms with E-state index in [1.54, 1.807) is 0 Å². The van der Waals surface area contributed by atoms with Gasteiger partial charge >= 0.3 is 0 Å². The molecule has 2 N–H and O–H groups in total. The lowest BCUT2D eigenvalue weighted by Gasteiger charge is -2.08. The third kappa shape index (κ3) is 3.99. The van der Waals surface area contributed by atoms with Crippen molar-refractivity contribution < 1.29 is 14.3 Å². The highest BCUT2D eigenvalue weighted by atomic mass is 35.5. The van der Waals surface area contributed by atoms with Crippen molar-refractivity contribution in [2.24, 2.45) is 0 Å². The Labute approximate surface area is 166 Å². The number of hydrogen-bond acceptors (Lipinski definition) is 6. The van der Waals surface area contributed by atoms with E-state index in [0.717, 1.165) is 16.8 Å². The molecule has 0 unspecified atom stereocenters. The summed E-state index contributed by atoms with van der Waals surface area (Å²) in [7, 11) is 0. The van der Waals surface area contributed by atoms with E-state index in [2.05, 4.69) is 20.6 Å². The van der Waals surface area contributed by atoms with Gasteiger partial charge in [0.05, 0.1) is 12.4 Å². The van der Waals surface area contributed by atoms with Crippen LogP contribution in [0.25, 0.3) is 0 Å². The molecule has 0 atom stereocenters. The topological polar surface area (TPSA) is 85.4 Å². The Morgan fingerprint density at radius 3 is 2.75 bits per heavy atom. The molecule has 3 aromatic rings. The third-order valence-electron chi connectivity index (χ3n) is 4.22. The van der Waals surface area contributed by atoms with E-state index in [1.165, 1.54) is 12.4 Å². The van der Waals surface area contributed by atoms with Crippen LogP contribution in [0.15, 0.2) is 48.8 Å². The van der Waals surface area contributed by atoms with Gasteiger partial charge in [-0.3, -0.25) is 4.79 Å². The third-order valence-corrected chi connectivity index (χ3v) is 4.63. The lowest BCUT2D eigenvalue weighted by atomic mass is 10.2. The van der Waals surface area contributed by atoms with E-state index < -0.39 is 0 Å². The molecule has 0 saturated heterocycles. The molecule has 1 aromatic heterocycles. The molecule has 1 amide bonds. The fraction of sp³-hybridized carbons (Fsp3) is 0.150. The number of halogens is 1. The molecule has 0 bridgehead atoms. The molecule has 1 aliphatic rings. The summed E-state index contributed by atoms with van der Waals surface area (Å²) in [5.41, 5.74) is 2.92. The number of carbonyl (C=O) groups excluding carboxylic acids is 1. The summed E-state index contributed by atoms with van der Waals surface area (Å²) in [6, 6.07) is 11.2. The molecular formula is C20H17ClN4O3. The number of fused-ring (bicyclic) bond motifs is 1. The largest absolute Gasteiger partial charge is 0.454 e. The van der Waals surface area contributed by atoms with Crippen LogP contribution in [0, 0.1) is 6.92 Å². The number of hydrogen-bond donors (Lipinski definition) is 2. The fourth-order valence-corrected chi connectivity index (χ4v) is 2.83. The smallest absolute Gasteiger partial charge is 0.271 e. The van der Waals surface area contributed by atoms with Gasteiger partial charge in [0.15, 0.2) is 11.5 Å². The van der Waals surface area contributed by atoms with Crippen molar-refractivity contribution in [1.82, 2.24) is 15.3 Å². The summed E-state index contributed by atoms with van der Waals surface area (Å²) >= 11 is 6.12. The predicted molar refractivity (Wildman–Crippen MR) is 105 cm³/mol. The van der Waals surface area contributed by atoms with Crippen LogP contribution in [0.5, 0.6) is 11.5 Å². The monoisotopic (exact) mass is 396 g/mol. The Morgan fingerprint density at radius 1 is 1.11 bits per heavy atom. The molecule has 1 aliphatic heterocycles. The predicted octanol–water partition coefficient (Wildman–Crippen LogP) is 3.84. The van der Waals surface area contributed by atoms with Crippen molar-refractivity contribution in [2.75, 3.05) is 12.1 Å². The summed E-state index contributed by atoms with van der Waals surface area (Å²) in [6.07, 6.45) is 2.93. The zero-order chi connectivity index (χ0) is 19.5. The van der Waals surface area contributed by atoms with Gasteiger partial charge in [-0.05, 0) is 42.3 Å². The highest BCUT2D eigenvalue weighted by molar-refractivity contribution is 6.31. The van der Waals surface area contributed by atoms with Crippen molar-refractivity contribution >= 4 is 29.0 Å². The maximum absolute atomic E-state index is 12.3. The quantitative estimate of drug-likeness (QED) is 0.681. The molecule has 7 nitrogen and oxygen atoms in total. The van der Waals surface area contributed by atoms with Gasteiger partial charge in [0.25, 0.3) is 5.91 Å². The maximum atomic E-state index is 12.3. The molecule has 0 radical (unpaired) electrons. The Kier molecular flexibility index (Phi) is 4.99. The van der Waals surface area contributed by atoms with Crippen LogP contribution in [-0.2, 0) is 6.54 Å². The number of aryl methyl sites for hydroxylation is 1. The van der Waals surface area contributed by atoms with Crippen molar-refractivity contribution in [2.45, 2.75) is 13.5 Å². The van der Waals surface area contributed by atoms with Gasteiger partial charge in [-0.1, -0.05) is 23.7 Å². The van der Waals surface area contributed by atoms with Gasteiger partial charge in [0.2, 0.25) is 6.79 Å². The van der Waals surface area contributed by atoms with E-state index in [-0.39, 0.29) is 18.4 Å². The van der Waals surface area contributed by atoms with E-state index in [0.29, 0.717) is 28.9 Å². The van der Waals surface area contributed by atoms with Crippen LogP contribution in [0.4, 0.5) is 11.5 Å². The van der Waals surface area contributed by atoms with Gasteiger partial charge in [-0.15, -0.1) is 0 Å². The van der Waals surface area contributed by atoms with Crippen LogP contribution >= 0.6 is 11.6 Å². The number of carbonyl (C=O) groups is 1. The van der Waals surface area contributed by atoms with Gasteiger partial charge in [-0.25, -0.2) is 9.97 Å². The summed E-state index contributed by atoms with van der Waals surface area (Å²) < 4.78 is 10.6. The molecule has 142 valence electrons. The minimum absolute atomic E-state index is 0.218. The average Bonchev–Trinajstić information content (AvgIpc) is 3.17. The van der Waals surface area contributed by atoms with Crippen LogP contribution < -0.4 is 20.1 Å². The number of anilines is 2. The SMILES string of the molecule is Cc1ccc(Nc2cnc(C(=O)NCc3ccc4c(c3)OCO4)cn2)cc1Cl. The second kappa shape index (κ2) is 7.74. The van der Waals surface area contributed by atoms with Crippen molar-refractivity contribution in [3.63, 3.8) is 0 Å². The molecule has 2 heterocycles. The molecule has 8 heteroatoms. The molecule has 0 fully saturated rings. The second-order valence-electron chi connectivity index (χ2n) is 6.25. The lowest BCUT2D eigenvalue weighted by Crippen LogP contribution is -2.24. The molecule has 2 aromatic carbocycles. The maximum Gasteiger partial charge on any atom is 0.271 e. The molecule has 4 rings (SSSR count). The number of nitrogens with one attached hydrogen (secondary N) is 2. The molecule has 0 saturated carbocycles. The van der Waals surface area contributed by atoms with Gasteiger partial charge in [0.1, 0.15) is 11.5 Å². The molecule has 0 spiro atoms. The highest BCUT2D eigenvalue weighted by Gasteiger charge is 2.14. The second-order valence-corrected chi connectivity index (χ2v) is 6.65. The minimum atomic E-state index is -0.310. The zero-order valence-corrected chi connectivity index (χ0v) is 15.8. The van der Waals surface area contributed by atoms with Crippen LogP contribution in [0.2, 0.25) is 5.02 Å². The van der Waals surface area contributed by atoms with Crippen molar-refractivity contribution in [1.29, 1.82) is 0 Å². The minimum Gasteiger partial charge on any atom is -0.454 e. The van der Waals surface area contributed by atoms with Gasteiger partial charge in [-0.2, -0.15) is 0 Å². The average molecular weight is 397 g/mol. The van der Waals surface area contributed by atoms with Gasteiger partial charge in [0, 0.05) is 17.3 Å². The number of amides is 1. The summed E-state index contributed by atoms with van der Waals surface area (Å²) in [6.45, 7) is 2.50.